The first-order chi connectivity index (χ1) is 20.6. The van der Waals surface area contributed by atoms with E-state index in [9.17, 15) is 9.59 Å². The zero-order valence-electron chi connectivity index (χ0n) is 22.9. The number of carbonyl (C=O) groups is 2. The summed E-state index contributed by atoms with van der Waals surface area (Å²) in [5.74, 6) is 1.88. The molecule has 0 radical (unpaired) electrons. The minimum Gasteiger partial charge on any atom is -0.272 e. The molecule has 0 aliphatic carbocycles. The molecule has 0 aliphatic rings. The second-order valence-corrected chi connectivity index (χ2v) is 11.6. The third-order valence-electron chi connectivity index (χ3n) is 6.37. The van der Waals surface area contributed by atoms with Crippen molar-refractivity contribution in [3.63, 3.8) is 0 Å². The molecule has 0 aromatic heterocycles. The van der Waals surface area contributed by atoms with Crippen molar-refractivity contribution in [2.45, 2.75) is 11.5 Å². The molecule has 2 N–H and O–H groups in total. The van der Waals surface area contributed by atoms with Gasteiger partial charge in [-0.2, -0.15) is 10.2 Å². The monoisotopic (exact) mass is 590 g/mol. The molecule has 6 nitrogen and oxygen atoms in total. The highest BCUT2D eigenvalue weighted by molar-refractivity contribution is 7.99. The standard InChI is InChI=1S/C34H30N4O2S2/c39-33(23-41-21-27-13-15-29-5-1-3-7-31(29)17-27)37-35-19-25-9-11-26(12-10-25)20-36-38-34(40)24-42-22-28-14-16-30-6-2-4-8-32(30)18-28/h1-20H,21-24H2,(H,37,39)(H,38,40)/b35-19-,36-20-. The van der Waals surface area contributed by atoms with Crippen LogP contribution >= 0.6 is 23.5 Å². The van der Waals surface area contributed by atoms with E-state index in [1.807, 2.05) is 48.5 Å². The molecular weight excluding hydrogens is 561 g/mol. The maximum Gasteiger partial charge on any atom is 0.250 e. The second-order valence-electron chi connectivity index (χ2n) is 9.60. The Bertz CT molecular complexity index is 1610. The summed E-state index contributed by atoms with van der Waals surface area (Å²) >= 11 is 3.10. The molecule has 0 aliphatic heterocycles. The van der Waals surface area contributed by atoms with Gasteiger partial charge in [-0.3, -0.25) is 9.59 Å². The van der Waals surface area contributed by atoms with Crippen molar-refractivity contribution < 1.29 is 9.59 Å². The fraction of sp³-hybridized carbons (Fsp3) is 0.118. The van der Waals surface area contributed by atoms with Gasteiger partial charge in [0.1, 0.15) is 0 Å². The van der Waals surface area contributed by atoms with Crippen LogP contribution in [0.5, 0.6) is 0 Å². The zero-order valence-corrected chi connectivity index (χ0v) is 24.5. The molecule has 0 heterocycles. The van der Waals surface area contributed by atoms with E-state index in [2.05, 4.69) is 81.7 Å². The first-order valence-electron chi connectivity index (χ1n) is 13.5. The number of thioether (sulfide) groups is 2. The highest BCUT2D eigenvalue weighted by Gasteiger charge is 2.03. The van der Waals surface area contributed by atoms with Crippen LogP contribution in [-0.4, -0.2) is 35.7 Å². The Morgan fingerprint density at radius 1 is 0.548 bits per heavy atom. The van der Waals surface area contributed by atoms with E-state index in [-0.39, 0.29) is 11.8 Å². The summed E-state index contributed by atoms with van der Waals surface area (Å²) in [5.41, 5.74) is 9.21. The predicted octanol–water partition coefficient (Wildman–Crippen LogP) is 6.76. The van der Waals surface area contributed by atoms with Crippen molar-refractivity contribution >= 4 is 69.3 Å². The summed E-state index contributed by atoms with van der Waals surface area (Å²) in [5, 5.41) is 12.9. The molecule has 0 spiro atoms. The van der Waals surface area contributed by atoms with Crippen molar-refractivity contribution in [3.8, 4) is 0 Å². The molecule has 0 bridgehead atoms. The van der Waals surface area contributed by atoms with Gasteiger partial charge in [-0.15, -0.1) is 23.5 Å². The lowest BCUT2D eigenvalue weighted by Crippen LogP contribution is -2.19. The minimum absolute atomic E-state index is 0.146. The Morgan fingerprint density at radius 2 is 0.952 bits per heavy atom. The third kappa shape index (κ3) is 8.80. The van der Waals surface area contributed by atoms with Gasteiger partial charge < -0.3 is 0 Å². The van der Waals surface area contributed by atoms with E-state index >= 15 is 0 Å². The SMILES string of the molecule is O=C(CSCc1ccc2ccccc2c1)N/N=C\c1ccc(/C=N\NC(=O)CSCc2ccc3ccccc3c2)cc1. The molecule has 0 saturated heterocycles. The Hall–Kier alpha value is -4.40. The van der Waals surface area contributed by atoms with E-state index in [0.29, 0.717) is 11.5 Å². The van der Waals surface area contributed by atoms with Crippen molar-refractivity contribution in [3.05, 3.63) is 131 Å². The highest BCUT2D eigenvalue weighted by atomic mass is 32.2. The van der Waals surface area contributed by atoms with E-state index in [1.54, 1.807) is 36.0 Å². The summed E-state index contributed by atoms with van der Waals surface area (Å²) < 4.78 is 0. The average Bonchev–Trinajstić information content (AvgIpc) is 3.02. The number of amides is 2. The van der Waals surface area contributed by atoms with Crippen LogP contribution in [0, 0.1) is 0 Å². The molecule has 42 heavy (non-hydrogen) atoms. The van der Waals surface area contributed by atoms with Crippen molar-refractivity contribution in [1.82, 2.24) is 10.9 Å². The summed E-state index contributed by atoms with van der Waals surface area (Å²) in [6, 6.07) is 36.7. The summed E-state index contributed by atoms with van der Waals surface area (Å²) in [6.07, 6.45) is 3.20. The van der Waals surface area contributed by atoms with Crippen LogP contribution in [0.25, 0.3) is 21.5 Å². The summed E-state index contributed by atoms with van der Waals surface area (Å²) in [4.78, 5) is 24.3. The number of fused-ring (bicyclic) bond motifs is 2. The molecule has 0 fully saturated rings. The number of nitrogens with zero attached hydrogens (tertiary/aromatic N) is 2. The zero-order chi connectivity index (χ0) is 29.0. The van der Waals surface area contributed by atoms with Gasteiger partial charge in [0.15, 0.2) is 0 Å². The molecule has 2 amide bonds. The minimum atomic E-state index is -0.146. The number of nitrogens with one attached hydrogen (secondary N) is 2. The molecule has 0 atom stereocenters. The van der Waals surface area contributed by atoms with E-state index in [1.165, 1.54) is 32.7 Å². The molecule has 0 saturated carbocycles. The third-order valence-corrected chi connectivity index (χ3v) is 8.38. The van der Waals surface area contributed by atoms with Crippen LogP contribution in [0.3, 0.4) is 0 Å². The fourth-order valence-electron chi connectivity index (χ4n) is 4.27. The maximum absolute atomic E-state index is 12.1. The number of benzene rings is 5. The first kappa shape index (κ1) is 29.1. The van der Waals surface area contributed by atoms with Crippen LogP contribution < -0.4 is 10.9 Å². The van der Waals surface area contributed by atoms with Gasteiger partial charge in [0.2, 0.25) is 11.8 Å². The van der Waals surface area contributed by atoms with Crippen LogP contribution in [0.1, 0.15) is 22.3 Å². The van der Waals surface area contributed by atoms with Gasteiger partial charge in [0.25, 0.3) is 0 Å². The van der Waals surface area contributed by atoms with Crippen molar-refractivity contribution in [1.29, 1.82) is 0 Å². The topological polar surface area (TPSA) is 82.9 Å². The number of hydrogen-bond donors (Lipinski definition) is 2. The molecule has 8 heteroatoms. The maximum atomic E-state index is 12.1. The Morgan fingerprint density at radius 3 is 1.38 bits per heavy atom. The second kappa shape index (κ2) is 15.0. The highest BCUT2D eigenvalue weighted by Crippen LogP contribution is 2.20. The van der Waals surface area contributed by atoms with Crippen LogP contribution in [0.4, 0.5) is 0 Å². The first-order valence-corrected chi connectivity index (χ1v) is 15.8. The smallest absolute Gasteiger partial charge is 0.250 e. The van der Waals surface area contributed by atoms with Crippen LogP contribution in [0.2, 0.25) is 0 Å². The normalized spacial score (nSPS) is 11.4. The molecule has 0 unspecified atom stereocenters. The lowest BCUT2D eigenvalue weighted by Gasteiger charge is -2.04. The Balaban J connectivity index is 0.975. The molecule has 5 rings (SSSR count). The average molecular weight is 591 g/mol. The van der Waals surface area contributed by atoms with E-state index in [4.69, 9.17) is 0 Å². The van der Waals surface area contributed by atoms with Gasteiger partial charge >= 0.3 is 0 Å². The number of hydrazone groups is 2. The summed E-state index contributed by atoms with van der Waals surface area (Å²) in [6.45, 7) is 0. The summed E-state index contributed by atoms with van der Waals surface area (Å²) in [7, 11) is 0. The van der Waals surface area contributed by atoms with Gasteiger partial charge in [-0.25, -0.2) is 10.9 Å². The lowest BCUT2D eigenvalue weighted by molar-refractivity contribution is -0.119. The van der Waals surface area contributed by atoms with Crippen molar-refractivity contribution in [2.75, 3.05) is 11.5 Å². The molecule has 210 valence electrons. The molecule has 5 aromatic rings. The van der Waals surface area contributed by atoms with Crippen molar-refractivity contribution in [2.24, 2.45) is 10.2 Å². The van der Waals surface area contributed by atoms with E-state index in [0.717, 1.165) is 22.6 Å². The fourth-order valence-corrected chi connectivity index (χ4v) is 5.81. The predicted molar refractivity (Wildman–Crippen MR) is 178 cm³/mol. The Kier molecular flexibility index (Phi) is 10.4. The molecule has 5 aromatic carbocycles. The number of carbonyl (C=O) groups excluding carboxylic acids is 2. The van der Waals surface area contributed by atoms with E-state index < -0.39 is 0 Å². The van der Waals surface area contributed by atoms with Gasteiger partial charge in [-0.1, -0.05) is 109 Å². The Labute approximate surface area is 253 Å². The quantitative estimate of drug-likeness (QED) is 0.124. The number of rotatable bonds is 12. The largest absolute Gasteiger partial charge is 0.272 e. The van der Waals surface area contributed by atoms with Gasteiger partial charge in [-0.05, 0) is 43.8 Å². The molecular formula is C34H30N4O2S2. The number of hydrogen-bond acceptors (Lipinski definition) is 6. The van der Waals surface area contributed by atoms with Gasteiger partial charge in [0.05, 0.1) is 23.9 Å². The van der Waals surface area contributed by atoms with Gasteiger partial charge in [0, 0.05) is 11.5 Å². The van der Waals surface area contributed by atoms with Crippen LogP contribution in [-0.2, 0) is 21.1 Å². The lowest BCUT2D eigenvalue weighted by atomic mass is 10.1. The van der Waals surface area contributed by atoms with Crippen LogP contribution in [0.15, 0.2) is 119 Å².